The van der Waals surface area contributed by atoms with Gasteiger partial charge >= 0.3 is 5.97 Å². The summed E-state index contributed by atoms with van der Waals surface area (Å²) in [5, 5.41) is 3.48. The van der Waals surface area contributed by atoms with Gasteiger partial charge in [0.25, 0.3) is 5.56 Å². The summed E-state index contributed by atoms with van der Waals surface area (Å²) in [6.07, 6.45) is 1.82. The van der Waals surface area contributed by atoms with E-state index in [0.29, 0.717) is 17.3 Å². The third-order valence-corrected chi connectivity index (χ3v) is 6.33. The van der Waals surface area contributed by atoms with Crippen molar-refractivity contribution in [3.8, 4) is 11.1 Å². The maximum atomic E-state index is 13.7. The third kappa shape index (κ3) is 6.12. The Morgan fingerprint density at radius 1 is 0.946 bits per heavy atom. The molecule has 7 heteroatoms. The summed E-state index contributed by atoms with van der Waals surface area (Å²) in [6, 6.07) is 23.2. The fourth-order valence-corrected chi connectivity index (χ4v) is 4.43. The monoisotopic (exact) mass is 497 g/mol. The quantitative estimate of drug-likeness (QED) is 0.326. The summed E-state index contributed by atoms with van der Waals surface area (Å²) in [4.78, 5) is 43.7. The number of nitrogens with one attached hydrogen (secondary N) is 1. The lowest BCUT2D eigenvalue weighted by atomic mass is 9.96. The Kier molecular flexibility index (Phi) is 8.13. The van der Waals surface area contributed by atoms with Crippen LogP contribution in [0.15, 0.2) is 90.0 Å². The van der Waals surface area contributed by atoms with Gasteiger partial charge in [-0.05, 0) is 47.2 Å². The Hall–Kier alpha value is -4.26. The Bertz CT molecular complexity index is 1450. The number of rotatable bonds is 9. The number of ether oxygens (including phenoxy) is 1. The molecule has 1 heterocycles. The molecule has 0 aliphatic rings. The highest BCUT2D eigenvalue weighted by molar-refractivity contribution is 5.83. The molecule has 0 bridgehead atoms. The van der Waals surface area contributed by atoms with E-state index in [-0.39, 0.29) is 23.8 Å². The van der Waals surface area contributed by atoms with Gasteiger partial charge in [-0.15, -0.1) is 0 Å². The lowest BCUT2D eigenvalue weighted by Crippen LogP contribution is -2.40. The molecule has 7 nitrogen and oxygen atoms in total. The van der Waals surface area contributed by atoms with E-state index in [0.717, 1.165) is 16.7 Å². The van der Waals surface area contributed by atoms with E-state index in [9.17, 15) is 14.4 Å². The highest BCUT2D eigenvalue weighted by atomic mass is 16.5. The summed E-state index contributed by atoms with van der Waals surface area (Å²) in [5.74, 6) is -0.665. The number of hydrogen-bond donors (Lipinski definition) is 1. The van der Waals surface area contributed by atoms with E-state index in [4.69, 9.17) is 4.74 Å². The van der Waals surface area contributed by atoms with Gasteiger partial charge in [-0.3, -0.25) is 19.0 Å². The zero-order chi connectivity index (χ0) is 26.4. The van der Waals surface area contributed by atoms with Crippen LogP contribution < -0.4 is 10.9 Å². The molecular formula is C30H31N3O4. The van der Waals surface area contributed by atoms with Gasteiger partial charge in [-0.2, -0.15) is 0 Å². The van der Waals surface area contributed by atoms with E-state index in [1.807, 2.05) is 74.5 Å². The predicted octanol–water partition coefficient (Wildman–Crippen LogP) is 5.07. The van der Waals surface area contributed by atoms with Crippen LogP contribution in [0, 0.1) is 5.92 Å². The number of para-hydroxylation sites is 1. The normalized spacial score (nSPS) is 12.8. The fourth-order valence-electron chi connectivity index (χ4n) is 4.43. The fraction of sp³-hybridized carbons (Fsp3) is 0.267. The van der Waals surface area contributed by atoms with Crippen LogP contribution in [-0.2, 0) is 14.3 Å². The van der Waals surface area contributed by atoms with Crippen LogP contribution in [0.25, 0.3) is 22.0 Å². The minimum absolute atomic E-state index is 0.0419. The number of hydrogen-bond acceptors (Lipinski definition) is 5. The minimum atomic E-state index is -0.790. The standard InChI is InChI=1S/C30H31N3O4/c1-20(2)16-27(33-19-31-25-15-8-7-14-24(25)30(33)36)29(35)32-26(18-28(34)37-3)23-13-9-12-22(17-23)21-10-5-4-6-11-21/h4-15,17,19-20,26-27H,16,18H2,1-3H3,(H,32,35)/t26-,27-/m0/s1. The van der Waals surface area contributed by atoms with E-state index < -0.39 is 18.1 Å². The number of nitrogens with zero attached hydrogens (tertiary/aromatic N) is 2. The van der Waals surface area contributed by atoms with Crippen LogP contribution in [0.3, 0.4) is 0 Å². The molecule has 1 amide bonds. The van der Waals surface area contributed by atoms with Crippen LogP contribution in [-0.4, -0.2) is 28.5 Å². The first kappa shape index (κ1) is 25.8. The van der Waals surface area contributed by atoms with Crippen molar-refractivity contribution in [1.82, 2.24) is 14.9 Å². The number of esters is 1. The lowest BCUT2D eigenvalue weighted by Gasteiger charge is -2.25. The smallest absolute Gasteiger partial charge is 0.307 e. The largest absolute Gasteiger partial charge is 0.469 e. The molecule has 1 aromatic heterocycles. The van der Waals surface area contributed by atoms with Crippen molar-refractivity contribution in [1.29, 1.82) is 0 Å². The maximum absolute atomic E-state index is 13.7. The number of carbonyl (C=O) groups excluding carboxylic acids is 2. The molecule has 37 heavy (non-hydrogen) atoms. The van der Waals surface area contributed by atoms with Crippen molar-refractivity contribution >= 4 is 22.8 Å². The molecule has 4 rings (SSSR count). The van der Waals surface area contributed by atoms with Gasteiger partial charge in [0.05, 0.1) is 36.8 Å². The molecule has 190 valence electrons. The highest BCUT2D eigenvalue weighted by Gasteiger charge is 2.28. The van der Waals surface area contributed by atoms with Gasteiger partial charge in [-0.25, -0.2) is 4.98 Å². The molecule has 0 radical (unpaired) electrons. The maximum Gasteiger partial charge on any atom is 0.307 e. The molecule has 0 saturated carbocycles. The predicted molar refractivity (Wildman–Crippen MR) is 144 cm³/mol. The zero-order valence-electron chi connectivity index (χ0n) is 21.3. The Morgan fingerprint density at radius 3 is 2.38 bits per heavy atom. The molecule has 3 aromatic carbocycles. The van der Waals surface area contributed by atoms with Crippen LogP contribution in [0.5, 0.6) is 0 Å². The average Bonchev–Trinajstić information content (AvgIpc) is 2.92. The van der Waals surface area contributed by atoms with Gasteiger partial charge in [0.1, 0.15) is 6.04 Å². The molecule has 4 aromatic rings. The first-order valence-electron chi connectivity index (χ1n) is 12.4. The molecule has 0 fully saturated rings. The van der Waals surface area contributed by atoms with Crippen molar-refractivity contribution < 1.29 is 14.3 Å². The van der Waals surface area contributed by atoms with Crippen molar-refractivity contribution in [3.05, 3.63) is 101 Å². The SMILES string of the molecule is COC(=O)C[C@H](NC(=O)[C@H](CC(C)C)n1cnc2ccccc2c1=O)c1cccc(-c2ccccc2)c1. The number of amides is 1. The Morgan fingerprint density at radius 2 is 1.65 bits per heavy atom. The summed E-state index contributed by atoms with van der Waals surface area (Å²) < 4.78 is 6.32. The number of methoxy groups -OCH3 is 1. The van der Waals surface area contributed by atoms with Crippen molar-refractivity contribution in [3.63, 3.8) is 0 Å². The van der Waals surface area contributed by atoms with Gasteiger partial charge in [0, 0.05) is 0 Å². The summed E-state index contributed by atoms with van der Waals surface area (Å²) in [5.41, 5.74) is 3.07. The number of aromatic nitrogens is 2. The first-order chi connectivity index (χ1) is 17.9. The molecule has 1 N–H and O–H groups in total. The van der Waals surface area contributed by atoms with Crippen molar-refractivity contribution in [2.75, 3.05) is 7.11 Å². The van der Waals surface area contributed by atoms with E-state index >= 15 is 0 Å². The molecule has 2 atom stereocenters. The summed E-state index contributed by atoms with van der Waals surface area (Å²) >= 11 is 0. The minimum Gasteiger partial charge on any atom is -0.469 e. The Labute approximate surface area is 216 Å². The molecule has 0 aliphatic carbocycles. The van der Waals surface area contributed by atoms with E-state index in [1.165, 1.54) is 18.0 Å². The average molecular weight is 498 g/mol. The molecular weight excluding hydrogens is 466 g/mol. The molecule has 0 unspecified atom stereocenters. The number of carbonyl (C=O) groups is 2. The lowest BCUT2D eigenvalue weighted by molar-refractivity contribution is -0.141. The highest BCUT2D eigenvalue weighted by Crippen LogP contribution is 2.26. The second kappa shape index (κ2) is 11.6. The topological polar surface area (TPSA) is 90.3 Å². The van der Waals surface area contributed by atoms with Crippen molar-refractivity contribution in [2.45, 2.75) is 38.8 Å². The molecule has 0 aliphatic heterocycles. The van der Waals surface area contributed by atoms with Gasteiger partial charge in [0.15, 0.2) is 0 Å². The Balaban J connectivity index is 1.70. The van der Waals surface area contributed by atoms with Crippen LogP contribution in [0.4, 0.5) is 0 Å². The van der Waals surface area contributed by atoms with E-state index in [1.54, 1.807) is 18.2 Å². The van der Waals surface area contributed by atoms with E-state index in [2.05, 4.69) is 10.3 Å². The van der Waals surface area contributed by atoms with Gasteiger partial charge in [0.2, 0.25) is 5.91 Å². The second-order valence-corrected chi connectivity index (χ2v) is 9.45. The van der Waals surface area contributed by atoms with Crippen LogP contribution in [0.1, 0.15) is 44.3 Å². The van der Waals surface area contributed by atoms with Crippen molar-refractivity contribution in [2.24, 2.45) is 5.92 Å². The van der Waals surface area contributed by atoms with Gasteiger partial charge in [-0.1, -0.05) is 74.5 Å². The summed E-state index contributed by atoms with van der Waals surface area (Å²) in [6.45, 7) is 3.99. The first-order valence-corrected chi connectivity index (χ1v) is 12.4. The van der Waals surface area contributed by atoms with Gasteiger partial charge < -0.3 is 10.1 Å². The number of benzene rings is 3. The second-order valence-electron chi connectivity index (χ2n) is 9.45. The molecule has 0 spiro atoms. The zero-order valence-corrected chi connectivity index (χ0v) is 21.3. The van der Waals surface area contributed by atoms with Crippen LogP contribution in [0.2, 0.25) is 0 Å². The van der Waals surface area contributed by atoms with Crippen LogP contribution >= 0.6 is 0 Å². The molecule has 0 saturated heterocycles. The summed E-state index contributed by atoms with van der Waals surface area (Å²) in [7, 11) is 1.32. The number of fused-ring (bicyclic) bond motifs is 1. The third-order valence-electron chi connectivity index (χ3n) is 6.33.